The van der Waals surface area contributed by atoms with Crippen LogP contribution in [0.2, 0.25) is 0 Å². The fraction of sp³-hybridized carbons (Fsp3) is 0.571. The maximum Gasteiger partial charge on any atom is 0.118 e. The van der Waals surface area contributed by atoms with Crippen molar-refractivity contribution in [3.8, 4) is 5.75 Å². The number of benzene rings is 1. The fourth-order valence-electron chi connectivity index (χ4n) is 2.25. The van der Waals surface area contributed by atoms with Gasteiger partial charge in [-0.15, -0.1) is 0 Å². The summed E-state index contributed by atoms with van der Waals surface area (Å²) < 4.78 is 5.14. The average molecular weight is 234 g/mol. The molecule has 1 aromatic carbocycles. The van der Waals surface area contributed by atoms with Crippen LogP contribution >= 0.6 is 0 Å². The lowest BCUT2D eigenvalue weighted by Gasteiger charge is -2.22. The standard InChI is InChI=1S/C14H22N2O/c1-17-14-4-2-12(3-5-14)10-16-11-13-6-8-15-9-7-13/h2-5,13,15-16H,6-11H2,1H3. The van der Waals surface area contributed by atoms with E-state index in [-0.39, 0.29) is 0 Å². The van der Waals surface area contributed by atoms with E-state index in [0.29, 0.717) is 0 Å². The lowest BCUT2D eigenvalue weighted by atomic mass is 9.98. The van der Waals surface area contributed by atoms with Gasteiger partial charge in [0.25, 0.3) is 0 Å². The number of piperidine rings is 1. The minimum atomic E-state index is 0.842. The molecule has 1 fully saturated rings. The molecule has 1 heterocycles. The largest absolute Gasteiger partial charge is 0.497 e. The number of nitrogens with one attached hydrogen (secondary N) is 2. The van der Waals surface area contributed by atoms with Crippen molar-refractivity contribution in [1.82, 2.24) is 10.6 Å². The summed E-state index contributed by atoms with van der Waals surface area (Å²) in [5, 5.41) is 6.93. The summed E-state index contributed by atoms with van der Waals surface area (Å²) in [5.74, 6) is 1.77. The Bertz CT molecular complexity index is 317. The van der Waals surface area contributed by atoms with Crippen LogP contribution in [-0.4, -0.2) is 26.7 Å². The van der Waals surface area contributed by atoms with Gasteiger partial charge < -0.3 is 15.4 Å². The van der Waals surface area contributed by atoms with Crippen molar-refractivity contribution in [2.75, 3.05) is 26.7 Å². The van der Waals surface area contributed by atoms with Crippen LogP contribution in [0.5, 0.6) is 5.75 Å². The molecule has 3 nitrogen and oxygen atoms in total. The monoisotopic (exact) mass is 234 g/mol. The minimum Gasteiger partial charge on any atom is -0.497 e. The van der Waals surface area contributed by atoms with E-state index in [1.54, 1.807) is 7.11 Å². The molecule has 1 saturated heterocycles. The summed E-state index contributed by atoms with van der Waals surface area (Å²) in [6.07, 6.45) is 2.60. The Kier molecular flexibility index (Phi) is 4.83. The molecule has 2 N–H and O–H groups in total. The van der Waals surface area contributed by atoms with Crippen molar-refractivity contribution in [2.45, 2.75) is 19.4 Å². The second kappa shape index (κ2) is 6.62. The lowest BCUT2D eigenvalue weighted by Crippen LogP contribution is -2.33. The normalized spacial score (nSPS) is 17.0. The molecule has 94 valence electrons. The first-order valence-corrected chi connectivity index (χ1v) is 6.43. The Morgan fingerprint density at radius 2 is 1.94 bits per heavy atom. The smallest absolute Gasteiger partial charge is 0.118 e. The van der Waals surface area contributed by atoms with Crippen molar-refractivity contribution in [2.24, 2.45) is 5.92 Å². The summed E-state index contributed by atoms with van der Waals surface area (Å²) in [4.78, 5) is 0. The third-order valence-corrected chi connectivity index (χ3v) is 3.38. The zero-order chi connectivity index (χ0) is 11.9. The summed E-state index contributed by atoms with van der Waals surface area (Å²) in [6, 6.07) is 8.27. The van der Waals surface area contributed by atoms with Gasteiger partial charge in [-0.05, 0) is 56.1 Å². The second-order valence-corrected chi connectivity index (χ2v) is 4.67. The van der Waals surface area contributed by atoms with Gasteiger partial charge in [-0.2, -0.15) is 0 Å². The van der Waals surface area contributed by atoms with Gasteiger partial charge >= 0.3 is 0 Å². The Morgan fingerprint density at radius 1 is 1.24 bits per heavy atom. The number of ether oxygens (including phenoxy) is 1. The van der Waals surface area contributed by atoms with E-state index >= 15 is 0 Å². The molecule has 0 atom stereocenters. The molecule has 0 spiro atoms. The van der Waals surface area contributed by atoms with Gasteiger partial charge in [0.1, 0.15) is 5.75 Å². The molecule has 0 aromatic heterocycles. The lowest BCUT2D eigenvalue weighted by molar-refractivity contribution is 0.356. The molecule has 0 saturated carbocycles. The minimum absolute atomic E-state index is 0.842. The first-order chi connectivity index (χ1) is 8.38. The van der Waals surface area contributed by atoms with Crippen LogP contribution in [0.25, 0.3) is 0 Å². The summed E-state index contributed by atoms with van der Waals surface area (Å²) in [6.45, 7) is 4.44. The molecule has 0 bridgehead atoms. The Labute approximate surface area is 104 Å². The van der Waals surface area contributed by atoms with E-state index < -0.39 is 0 Å². The van der Waals surface area contributed by atoms with E-state index in [4.69, 9.17) is 4.74 Å². The molecule has 1 aromatic rings. The summed E-state index contributed by atoms with van der Waals surface area (Å²) >= 11 is 0. The number of hydrogen-bond acceptors (Lipinski definition) is 3. The van der Waals surface area contributed by atoms with Crippen LogP contribution in [0.4, 0.5) is 0 Å². The quantitative estimate of drug-likeness (QED) is 0.815. The highest BCUT2D eigenvalue weighted by Crippen LogP contribution is 2.12. The van der Waals surface area contributed by atoms with Gasteiger partial charge in [0.2, 0.25) is 0 Å². The summed E-state index contributed by atoms with van der Waals surface area (Å²) in [7, 11) is 1.70. The van der Waals surface area contributed by atoms with Crippen LogP contribution in [0, 0.1) is 5.92 Å². The van der Waals surface area contributed by atoms with Crippen molar-refractivity contribution in [3.63, 3.8) is 0 Å². The summed E-state index contributed by atoms with van der Waals surface area (Å²) in [5.41, 5.74) is 1.32. The number of methoxy groups -OCH3 is 1. The van der Waals surface area contributed by atoms with Crippen LogP contribution in [0.3, 0.4) is 0 Å². The number of rotatable bonds is 5. The van der Waals surface area contributed by atoms with Gasteiger partial charge in [0.15, 0.2) is 0 Å². The zero-order valence-electron chi connectivity index (χ0n) is 10.5. The molecule has 0 aliphatic carbocycles. The van der Waals surface area contributed by atoms with Crippen LogP contribution < -0.4 is 15.4 Å². The van der Waals surface area contributed by atoms with Gasteiger partial charge in [-0.3, -0.25) is 0 Å². The highest BCUT2D eigenvalue weighted by atomic mass is 16.5. The molecule has 17 heavy (non-hydrogen) atoms. The van der Waals surface area contributed by atoms with E-state index in [1.807, 2.05) is 12.1 Å². The predicted octanol–water partition coefficient (Wildman–Crippen LogP) is 1.78. The molecule has 1 aliphatic heterocycles. The highest BCUT2D eigenvalue weighted by Gasteiger charge is 2.11. The molecular weight excluding hydrogens is 212 g/mol. The van der Waals surface area contributed by atoms with Gasteiger partial charge in [-0.25, -0.2) is 0 Å². The van der Waals surface area contributed by atoms with Crippen molar-refractivity contribution in [3.05, 3.63) is 29.8 Å². The van der Waals surface area contributed by atoms with Crippen LogP contribution in [0.15, 0.2) is 24.3 Å². The maximum absolute atomic E-state index is 5.14. The molecule has 0 amide bonds. The zero-order valence-corrected chi connectivity index (χ0v) is 10.5. The SMILES string of the molecule is COc1ccc(CNCC2CCNCC2)cc1. The van der Waals surface area contributed by atoms with E-state index in [9.17, 15) is 0 Å². The maximum atomic E-state index is 5.14. The topological polar surface area (TPSA) is 33.3 Å². The van der Waals surface area contributed by atoms with Gasteiger partial charge in [0, 0.05) is 6.54 Å². The third-order valence-electron chi connectivity index (χ3n) is 3.38. The predicted molar refractivity (Wildman–Crippen MR) is 70.3 cm³/mol. The molecule has 2 rings (SSSR count). The van der Waals surface area contributed by atoms with Gasteiger partial charge in [-0.1, -0.05) is 12.1 Å². The first kappa shape index (κ1) is 12.4. The fourth-order valence-corrected chi connectivity index (χ4v) is 2.25. The molecule has 0 radical (unpaired) electrons. The molecule has 3 heteroatoms. The van der Waals surface area contributed by atoms with E-state index in [0.717, 1.165) is 24.8 Å². The third kappa shape index (κ3) is 4.02. The first-order valence-electron chi connectivity index (χ1n) is 6.43. The Hall–Kier alpha value is -1.06. The second-order valence-electron chi connectivity index (χ2n) is 4.67. The molecule has 0 unspecified atom stereocenters. The average Bonchev–Trinajstić information content (AvgIpc) is 2.41. The van der Waals surface area contributed by atoms with Gasteiger partial charge in [0.05, 0.1) is 7.11 Å². The highest BCUT2D eigenvalue weighted by molar-refractivity contribution is 5.26. The van der Waals surface area contributed by atoms with Crippen molar-refractivity contribution < 1.29 is 4.74 Å². The van der Waals surface area contributed by atoms with Crippen LogP contribution in [0.1, 0.15) is 18.4 Å². The van der Waals surface area contributed by atoms with Crippen molar-refractivity contribution in [1.29, 1.82) is 0 Å². The Morgan fingerprint density at radius 3 is 2.59 bits per heavy atom. The van der Waals surface area contributed by atoms with E-state index in [1.165, 1.54) is 31.5 Å². The Balaban J connectivity index is 1.69. The van der Waals surface area contributed by atoms with Crippen LogP contribution in [-0.2, 0) is 6.54 Å². The molecule has 1 aliphatic rings. The molecular formula is C14H22N2O. The van der Waals surface area contributed by atoms with Crippen molar-refractivity contribution >= 4 is 0 Å². The van der Waals surface area contributed by atoms with E-state index in [2.05, 4.69) is 22.8 Å². The number of hydrogen-bond donors (Lipinski definition) is 2.